The second kappa shape index (κ2) is 2.44. The van der Waals surface area contributed by atoms with Gasteiger partial charge in [-0.25, -0.2) is 0 Å². The third-order valence-corrected chi connectivity index (χ3v) is 1.85. The van der Waals surface area contributed by atoms with Gasteiger partial charge in [0.1, 0.15) is 0 Å². The van der Waals surface area contributed by atoms with Gasteiger partial charge in [0.2, 0.25) is 5.78 Å². The zero-order valence-corrected chi connectivity index (χ0v) is 6.33. The summed E-state index contributed by atoms with van der Waals surface area (Å²) < 4.78 is 0. The van der Waals surface area contributed by atoms with Crippen LogP contribution in [0.3, 0.4) is 0 Å². The monoisotopic (exact) mass is 161 g/mol. The Kier molecular flexibility index (Phi) is 1.43. The molecule has 0 amide bonds. The molecule has 0 spiro atoms. The lowest BCUT2D eigenvalue weighted by Gasteiger charge is -2.16. The van der Waals surface area contributed by atoms with Crippen LogP contribution in [0.2, 0.25) is 0 Å². The Morgan fingerprint density at radius 1 is 1.08 bits per heavy atom. The predicted octanol–water partition coefficient (Wildman–Crippen LogP) is 0.108. The third-order valence-electron chi connectivity index (χ3n) is 1.85. The van der Waals surface area contributed by atoms with Crippen LogP contribution in [0.25, 0.3) is 0 Å². The molecule has 0 saturated heterocycles. The van der Waals surface area contributed by atoms with E-state index >= 15 is 0 Å². The molecule has 0 unspecified atom stereocenters. The van der Waals surface area contributed by atoms with Crippen molar-refractivity contribution in [3.05, 3.63) is 35.6 Å². The lowest BCUT2D eigenvalue weighted by Crippen LogP contribution is -2.28. The quantitative estimate of drug-likeness (QED) is 0.513. The van der Waals surface area contributed by atoms with Crippen LogP contribution in [0.15, 0.2) is 35.6 Å². The molecular formula is C9H7NO2. The number of rotatable bonds is 0. The number of dihydropyridines is 1. The first kappa shape index (κ1) is 7.03. The minimum atomic E-state index is -0.117. The van der Waals surface area contributed by atoms with E-state index in [0.717, 1.165) is 0 Å². The van der Waals surface area contributed by atoms with Crippen LogP contribution in [-0.2, 0) is 9.59 Å². The smallest absolute Gasteiger partial charge is 0.202 e. The Balaban J connectivity index is 2.51. The third kappa shape index (κ3) is 0.906. The molecule has 3 heteroatoms. The Morgan fingerprint density at radius 3 is 2.58 bits per heavy atom. The minimum absolute atomic E-state index is 0.104. The molecule has 0 radical (unpaired) electrons. The molecule has 1 aliphatic carbocycles. The van der Waals surface area contributed by atoms with Gasteiger partial charge >= 0.3 is 0 Å². The molecule has 1 N–H and O–H groups in total. The SMILES string of the molecule is O=C1C=CC(=O)C2=C1C=CCN2. The zero-order chi connectivity index (χ0) is 8.55. The first-order valence-electron chi connectivity index (χ1n) is 3.70. The van der Waals surface area contributed by atoms with Crippen LogP contribution in [-0.4, -0.2) is 18.1 Å². The van der Waals surface area contributed by atoms with Crippen molar-refractivity contribution in [1.29, 1.82) is 0 Å². The second-order valence-corrected chi connectivity index (χ2v) is 2.63. The standard InChI is InChI=1S/C9H7NO2/c11-7-3-4-8(12)9-6(7)2-1-5-10-9/h1-4,10H,5H2. The lowest BCUT2D eigenvalue weighted by molar-refractivity contribution is -0.115. The highest BCUT2D eigenvalue weighted by Crippen LogP contribution is 2.15. The van der Waals surface area contributed by atoms with Crippen LogP contribution >= 0.6 is 0 Å². The van der Waals surface area contributed by atoms with E-state index in [2.05, 4.69) is 5.32 Å². The predicted molar refractivity (Wildman–Crippen MR) is 43.3 cm³/mol. The lowest BCUT2D eigenvalue weighted by atomic mass is 9.98. The molecule has 0 bridgehead atoms. The largest absolute Gasteiger partial charge is 0.378 e. The molecule has 1 aliphatic heterocycles. The molecule has 0 saturated carbocycles. The van der Waals surface area contributed by atoms with E-state index in [0.29, 0.717) is 17.8 Å². The van der Waals surface area contributed by atoms with E-state index in [-0.39, 0.29) is 11.6 Å². The summed E-state index contributed by atoms with van der Waals surface area (Å²) in [5, 5.41) is 2.87. The topological polar surface area (TPSA) is 46.2 Å². The molecule has 0 aromatic rings. The molecule has 12 heavy (non-hydrogen) atoms. The molecule has 0 aromatic heterocycles. The fourth-order valence-electron chi connectivity index (χ4n) is 1.27. The number of nitrogens with one attached hydrogen (secondary N) is 1. The molecule has 2 rings (SSSR count). The number of carbonyl (C=O) groups excluding carboxylic acids is 2. The van der Waals surface area contributed by atoms with E-state index in [4.69, 9.17) is 0 Å². The van der Waals surface area contributed by atoms with Crippen LogP contribution < -0.4 is 5.32 Å². The summed E-state index contributed by atoms with van der Waals surface area (Å²) in [6.07, 6.45) is 6.12. The molecular weight excluding hydrogens is 154 g/mol. The molecule has 2 aliphatic rings. The highest BCUT2D eigenvalue weighted by atomic mass is 16.1. The van der Waals surface area contributed by atoms with Crippen LogP contribution in [0, 0.1) is 0 Å². The van der Waals surface area contributed by atoms with Crippen molar-refractivity contribution in [2.75, 3.05) is 6.54 Å². The van der Waals surface area contributed by atoms with Gasteiger partial charge < -0.3 is 5.32 Å². The Hall–Kier alpha value is -1.64. The van der Waals surface area contributed by atoms with Gasteiger partial charge in [-0.3, -0.25) is 9.59 Å². The number of ketones is 2. The Bertz CT molecular complexity index is 348. The molecule has 0 atom stereocenters. The van der Waals surface area contributed by atoms with Crippen molar-refractivity contribution in [2.24, 2.45) is 0 Å². The van der Waals surface area contributed by atoms with Crippen LogP contribution in [0.1, 0.15) is 0 Å². The fourth-order valence-corrected chi connectivity index (χ4v) is 1.27. The van der Waals surface area contributed by atoms with E-state index in [1.54, 1.807) is 6.08 Å². The minimum Gasteiger partial charge on any atom is -0.378 e. The number of hydrogen-bond acceptors (Lipinski definition) is 3. The van der Waals surface area contributed by atoms with Crippen LogP contribution in [0.5, 0.6) is 0 Å². The average Bonchev–Trinajstić information content (AvgIpc) is 2.12. The van der Waals surface area contributed by atoms with Crippen molar-refractivity contribution < 1.29 is 9.59 Å². The van der Waals surface area contributed by atoms with E-state index in [1.165, 1.54) is 12.2 Å². The van der Waals surface area contributed by atoms with Crippen LogP contribution in [0.4, 0.5) is 0 Å². The van der Waals surface area contributed by atoms with Crippen molar-refractivity contribution >= 4 is 11.6 Å². The van der Waals surface area contributed by atoms with Crippen molar-refractivity contribution in [1.82, 2.24) is 5.32 Å². The fraction of sp³-hybridized carbons (Fsp3) is 0.111. The van der Waals surface area contributed by atoms with Gasteiger partial charge in [-0.15, -0.1) is 0 Å². The second-order valence-electron chi connectivity index (χ2n) is 2.63. The molecule has 1 heterocycles. The highest BCUT2D eigenvalue weighted by Gasteiger charge is 2.21. The summed E-state index contributed by atoms with van der Waals surface area (Å²) in [6, 6.07) is 0. The summed E-state index contributed by atoms with van der Waals surface area (Å²) in [5.74, 6) is -0.220. The van der Waals surface area contributed by atoms with Gasteiger partial charge in [-0.05, 0) is 12.2 Å². The highest BCUT2D eigenvalue weighted by molar-refractivity contribution is 6.21. The molecule has 60 valence electrons. The van der Waals surface area contributed by atoms with Crippen molar-refractivity contribution in [3.63, 3.8) is 0 Å². The van der Waals surface area contributed by atoms with Gasteiger partial charge in [-0.1, -0.05) is 12.2 Å². The number of hydrogen-bond donors (Lipinski definition) is 1. The number of allylic oxidation sites excluding steroid dienone is 4. The zero-order valence-electron chi connectivity index (χ0n) is 6.33. The summed E-state index contributed by atoms with van der Waals surface area (Å²) in [7, 11) is 0. The van der Waals surface area contributed by atoms with Gasteiger partial charge in [0.25, 0.3) is 0 Å². The first-order valence-corrected chi connectivity index (χ1v) is 3.70. The maximum Gasteiger partial charge on any atom is 0.202 e. The normalized spacial score (nSPS) is 21.0. The maximum atomic E-state index is 11.2. The van der Waals surface area contributed by atoms with Crippen molar-refractivity contribution in [3.8, 4) is 0 Å². The van der Waals surface area contributed by atoms with Gasteiger partial charge in [0, 0.05) is 12.1 Å². The Labute approximate surface area is 69.5 Å². The first-order chi connectivity index (χ1) is 5.79. The molecule has 0 fully saturated rings. The van der Waals surface area contributed by atoms with E-state index in [9.17, 15) is 9.59 Å². The van der Waals surface area contributed by atoms with E-state index in [1.807, 2.05) is 6.08 Å². The van der Waals surface area contributed by atoms with Gasteiger partial charge in [-0.2, -0.15) is 0 Å². The maximum absolute atomic E-state index is 11.2. The van der Waals surface area contributed by atoms with E-state index < -0.39 is 0 Å². The number of carbonyl (C=O) groups is 2. The summed E-state index contributed by atoms with van der Waals surface area (Å²) in [4.78, 5) is 22.4. The molecule has 0 aromatic carbocycles. The average molecular weight is 161 g/mol. The Morgan fingerprint density at radius 2 is 1.83 bits per heavy atom. The molecule has 3 nitrogen and oxygen atoms in total. The summed E-state index contributed by atoms with van der Waals surface area (Å²) in [5.41, 5.74) is 0.916. The van der Waals surface area contributed by atoms with Gasteiger partial charge in [0.05, 0.1) is 5.70 Å². The summed E-state index contributed by atoms with van der Waals surface area (Å²) in [6.45, 7) is 0.617. The van der Waals surface area contributed by atoms with Crippen molar-refractivity contribution in [2.45, 2.75) is 0 Å². The summed E-state index contributed by atoms with van der Waals surface area (Å²) >= 11 is 0. The van der Waals surface area contributed by atoms with Gasteiger partial charge in [0.15, 0.2) is 5.78 Å².